The number of benzene rings is 1. The zero-order valence-electron chi connectivity index (χ0n) is 11.5. The Bertz CT molecular complexity index is 541. The maximum absolute atomic E-state index is 12.2. The van der Waals surface area contributed by atoms with Crippen LogP contribution >= 0.6 is 0 Å². The predicted molar refractivity (Wildman–Crippen MR) is 77.1 cm³/mol. The molecule has 1 aromatic carbocycles. The zero-order valence-corrected chi connectivity index (χ0v) is 11.5. The summed E-state index contributed by atoms with van der Waals surface area (Å²) in [5, 5.41) is 2.84. The maximum atomic E-state index is 12.2. The molecule has 2 saturated carbocycles. The molecular formula is C16H20N2O2. The summed E-state index contributed by atoms with van der Waals surface area (Å²) >= 11 is 0. The Balaban J connectivity index is 1.63. The molecule has 3 N–H and O–H groups in total. The van der Waals surface area contributed by atoms with Gasteiger partial charge in [0.05, 0.1) is 11.3 Å². The topological polar surface area (TPSA) is 72.2 Å². The molecule has 4 heteroatoms. The molecule has 0 heterocycles. The van der Waals surface area contributed by atoms with Crippen molar-refractivity contribution in [2.45, 2.75) is 32.1 Å². The lowest BCUT2D eigenvalue weighted by molar-refractivity contribution is -0.117. The minimum atomic E-state index is -0.513. The highest BCUT2D eigenvalue weighted by Gasteiger charge is 2.40. The largest absolute Gasteiger partial charge is 0.366 e. The Hall–Kier alpha value is -1.84. The SMILES string of the molecule is NC(=O)c1ccccc1NC(=O)C[C@@H]1C[C@H]2CC[C@H]1C2. The van der Waals surface area contributed by atoms with Crippen molar-refractivity contribution >= 4 is 17.5 Å². The molecular weight excluding hydrogens is 252 g/mol. The van der Waals surface area contributed by atoms with Crippen LogP contribution in [0.5, 0.6) is 0 Å². The molecule has 106 valence electrons. The van der Waals surface area contributed by atoms with E-state index in [0.29, 0.717) is 23.6 Å². The Labute approximate surface area is 118 Å². The molecule has 2 amide bonds. The molecule has 0 saturated heterocycles. The lowest BCUT2D eigenvalue weighted by Crippen LogP contribution is -2.22. The molecule has 0 unspecified atom stereocenters. The molecule has 0 aliphatic heterocycles. The Kier molecular flexibility index (Phi) is 3.47. The number of anilines is 1. The third kappa shape index (κ3) is 2.55. The number of nitrogens with one attached hydrogen (secondary N) is 1. The monoisotopic (exact) mass is 272 g/mol. The lowest BCUT2D eigenvalue weighted by atomic mass is 9.86. The van der Waals surface area contributed by atoms with E-state index in [4.69, 9.17) is 5.73 Å². The number of carbonyl (C=O) groups is 2. The van der Waals surface area contributed by atoms with E-state index in [1.165, 1.54) is 25.7 Å². The zero-order chi connectivity index (χ0) is 14.1. The average molecular weight is 272 g/mol. The van der Waals surface area contributed by atoms with E-state index in [0.717, 1.165) is 11.8 Å². The van der Waals surface area contributed by atoms with Crippen LogP contribution < -0.4 is 11.1 Å². The van der Waals surface area contributed by atoms with Crippen molar-refractivity contribution in [2.24, 2.45) is 23.5 Å². The fourth-order valence-corrected chi connectivity index (χ4v) is 3.87. The highest BCUT2D eigenvalue weighted by Crippen LogP contribution is 2.49. The van der Waals surface area contributed by atoms with Gasteiger partial charge in [0.15, 0.2) is 0 Å². The van der Waals surface area contributed by atoms with E-state index in [1.54, 1.807) is 24.3 Å². The normalized spacial score (nSPS) is 27.5. The molecule has 2 aliphatic rings. The summed E-state index contributed by atoms with van der Waals surface area (Å²) in [4.78, 5) is 23.5. The van der Waals surface area contributed by atoms with Crippen molar-refractivity contribution in [2.75, 3.05) is 5.32 Å². The number of amides is 2. The Morgan fingerprint density at radius 3 is 2.65 bits per heavy atom. The van der Waals surface area contributed by atoms with Crippen LogP contribution in [0.4, 0.5) is 5.69 Å². The van der Waals surface area contributed by atoms with Crippen LogP contribution in [0.1, 0.15) is 42.5 Å². The fraction of sp³-hybridized carbons (Fsp3) is 0.500. The summed E-state index contributed by atoms with van der Waals surface area (Å²) in [5.74, 6) is 1.58. The Morgan fingerprint density at radius 2 is 2.00 bits per heavy atom. The van der Waals surface area contributed by atoms with Crippen molar-refractivity contribution in [3.05, 3.63) is 29.8 Å². The molecule has 0 aromatic heterocycles. The van der Waals surface area contributed by atoms with Crippen molar-refractivity contribution in [1.82, 2.24) is 0 Å². The smallest absolute Gasteiger partial charge is 0.250 e. The molecule has 0 spiro atoms. The van der Waals surface area contributed by atoms with Gasteiger partial charge in [-0.2, -0.15) is 0 Å². The van der Waals surface area contributed by atoms with E-state index >= 15 is 0 Å². The summed E-state index contributed by atoms with van der Waals surface area (Å²) in [6.45, 7) is 0. The van der Waals surface area contributed by atoms with Crippen molar-refractivity contribution in [3.63, 3.8) is 0 Å². The number of carbonyl (C=O) groups excluding carboxylic acids is 2. The number of para-hydroxylation sites is 1. The van der Waals surface area contributed by atoms with Crippen molar-refractivity contribution < 1.29 is 9.59 Å². The standard InChI is InChI=1S/C16H20N2O2/c17-16(20)13-3-1-2-4-14(13)18-15(19)9-12-8-10-5-6-11(12)7-10/h1-4,10-12H,5-9H2,(H2,17,20)(H,18,19)/t10-,11-,12-/m0/s1. The van der Waals surface area contributed by atoms with Crippen molar-refractivity contribution in [1.29, 1.82) is 0 Å². The van der Waals surface area contributed by atoms with Gasteiger partial charge in [-0.05, 0) is 49.1 Å². The third-order valence-corrected chi connectivity index (χ3v) is 4.80. The van der Waals surface area contributed by atoms with Crippen molar-refractivity contribution in [3.8, 4) is 0 Å². The van der Waals surface area contributed by atoms with Gasteiger partial charge < -0.3 is 11.1 Å². The van der Waals surface area contributed by atoms with E-state index in [9.17, 15) is 9.59 Å². The molecule has 2 aliphatic carbocycles. The quantitative estimate of drug-likeness (QED) is 0.884. The number of hydrogen-bond donors (Lipinski definition) is 2. The summed E-state index contributed by atoms with van der Waals surface area (Å²) in [5.41, 5.74) is 6.20. The highest BCUT2D eigenvalue weighted by atomic mass is 16.2. The van der Waals surface area contributed by atoms with Crippen LogP contribution in [0.2, 0.25) is 0 Å². The van der Waals surface area contributed by atoms with Crippen LogP contribution in [-0.2, 0) is 4.79 Å². The van der Waals surface area contributed by atoms with Gasteiger partial charge in [-0.15, -0.1) is 0 Å². The van der Waals surface area contributed by atoms with Crippen LogP contribution in [0.25, 0.3) is 0 Å². The van der Waals surface area contributed by atoms with E-state index in [-0.39, 0.29) is 5.91 Å². The Morgan fingerprint density at radius 1 is 1.20 bits per heavy atom. The van der Waals surface area contributed by atoms with Gasteiger partial charge in [-0.25, -0.2) is 0 Å². The van der Waals surface area contributed by atoms with Gasteiger partial charge in [0.2, 0.25) is 5.91 Å². The minimum Gasteiger partial charge on any atom is -0.366 e. The first-order valence-corrected chi connectivity index (χ1v) is 7.32. The highest BCUT2D eigenvalue weighted by molar-refractivity contribution is 6.03. The lowest BCUT2D eigenvalue weighted by Gasteiger charge is -2.21. The van der Waals surface area contributed by atoms with Crippen LogP contribution in [0.15, 0.2) is 24.3 Å². The third-order valence-electron chi connectivity index (χ3n) is 4.80. The minimum absolute atomic E-state index is 0.00347. The van der Waals surface area contributed by atoms with Gasteiger partial charge in [0.1, 0.15) is 0 Å². The second-order valence-electron chi connectivity index (χ2n) is 6.10. The molecule has 2 fully saturated rings. The molecule has 3 rings (SSSR count). The molecule has 2 bridgehead atoms. The van der Waals surface area contributed by atoms with Gasteiger partial charge in [0, 0.05) is 6.42 Å². The second kappa shape index (κ2) is 5.27. The van der Waals surface area contributed by atoms with Gasteiger partial charge in [-0.3, -0.25) is 9.59 Å². The number of hydrogen-bond acceptors (Lipinski definition) is 2. The van der Waals surface area contributed by atoms with Crippen LogP contribution in [0, 0.1) is 17.8 Å². The maximum Gasteiger partial charge on any atom is 0.250 e. The first kappa shape index (κ1) is 13.2. The van der Waals surface area contributed by atoms with E-state index in [1.807, 2.05) is 0 Å². The molecule has 4 nitrogen and oxygen atoms in total. The fourth-order valence-electron chi connectivity index (χ4n) is 3.87. The summed E-state index contributed by atoms with van der Waals surface area (Å²) < 4.78 is 0. The average Bonchev–Trinajstić information content (AvgIpc) is 3.01. The van der Waals surface area contributed by atoms with Gasteiger partial charge in [0.25, 0.3) is 5.91 Å². The molecule has 20 heavy (non-hydrogen) atoms. The predicted octanol–water partition coefficient (Wildman–Crippen LogP) is 2.55. The second-order valence-corrected chi connectivity index (χ2v) is 6.10. The molecule has 1 aromatic rings. The molecule has 0 radical (unpaired) electrons. The summed E-state index contributed by atoms with van der Waals surface area (Å²) in [6.07, 6.45) is 5.67. The van der Waals surface area contributed by atoms with Gasteiger partial charge in [-0.1, -0.05) is 18.6 Å². The number of primary amides is 1. The van der Waals surface area contributed by atoms with E-state index in [2.05, 4.69) is 5.32 Å². The number of rotatable bonds is 4. The van der Waals surface area contributed by atoms with Crippen LogP contribution in [-0.4, -0.2) is 11.8 Å². The number of nitrogens with two attached hydrogens (primary N) is 1. The first-order chi connectivity index (χ1) is 9.63. The van der Waals surface area contributed by atoms with Gasteiger partial charge >= 0.3 is 0 Å². The molecule has 3 atom stereocenters. The summed E-state index contributed by atoms with van der Waals surface area (Å²) in [7, 11) is 0. The first-order valence-electron chi connectivity index (χ1n) is 7.32. The summed E-state index contributed by atoms with van der Waals surface area (Å²) in [6, 6.07) is 6.89. The number of fused-ring (bicyclic) bond motifs is 2. The van der Waals surface area contributed by atoms with E-state index < -0.39 is 5.91 Å². The van der Waals surface area contributed by atoms with Crippen LogP contribution in [0.3, 0.4) is 0 Å².